The monoisotopic (exact) mass is 336 g/mol. The summed E-state index contributed by atoms with van der Waals surface area (Å²) < 4.78 is 1.97. The minimum absolute atomic E-state index is 0.106. The van der Waals surface area contributed by atoms with E-state index in [4.69, 9.17) is 4.98 Å². The molecule has 0 saturated carbocycles. The van der Waals surface area contributed by atoms with Crippen molar-refractivity contribution >= 4 is 42.4 Å². The van der Waals surface area contributed by atoms with Gasteiger partial charge in [-0.2, -0.15) is 0 Å². The van der Waals surface area contributed by atoms with Gasteiger partial charge in [0.15, 0.2) is 0 Å². The van der Waals surface area contributed by atoms with Gasteiger partial charge in [0, 0.05) is 28.6 Å². The van der Waals surface area contributed by atoms with Crippen LogP contribution in [0, 0.1) is 12.3 Å². The minimum atomic E-state index is 0.106. The first kappa shape index (κ1) is 15.3. The number of fused-ring (bicyclic) bond motifs is 5. The van der Waals surface area contributed by atoms with Gasteiger partial charge in [-0.15, -0.1) is 11.3 Å². The minimum Gasteiger partial charge on any atom is -0.492 e. The van der Waals surface area contributed by atoms with E-state index < -0.39 is 0 Å². The highest BCUT2D eigenvalue weighted by atomic mass is 32.1. The third-order valence-electron chi connectivity index (χ3n) is 4.28. The van der Waals surface area contributed by atoms with Gasteiger partial charge in [-0.1, -0.05) is 32.9 Å². The molecule has 0 aliphatic heterocycles. The second-order valence-corrected chi connectivity index (χ2v) is 8.69. The summed E-state index contributed by atoms with van der Waals surface area (Å²) in [5.74, 6) is 0.106. The van der Waals surface area contributed by atoms with Crippen LogP contribution in [0.4, 0.5) is 0 Å². The topological polar surface area (TPSA) is 46.0 Å². The van der Waals surface area contributed by atoms with E-state index in [9.17, 15) is 5.11 Å². The Morgan fingerprint density at radius 2 is 1.88 bits per heavy atom. The van der Waals surface area contributed by atoms with Gasteiger partial charge in [0.05, 0.1) is 14.9 Å². The first-order chi connectivity index (χ1) is 11.3. The average Bonchev–Trinajstić information content (AvgIpc) is 2.90. The van der Waals surface area contributed by atoms with Crippen molar-refractivity contribution in [1.29, 1.82) is 0 Å². The number of nitrogens with zero attached hydrogens (tertiary/aromatic N) is 2. The molecule has 3 heterocycles. The highest BCUT2D eigenvalue weighted by molar-refractivity contribution is 7.27. The molecule has 0 spiro atoms. The molecular formula is C20H20N2OS. The number of rotatable bonds is 1. The van der Waals surface area contributed by atoms with Crippen LogP contribution in [-0.2, 0) is 6.42 Å². The van der Waals surface area contributed by atoms with Crippen molar-refractivity contribution in [3.05, 3.63) is 41.7 Å². The van der Waals surface area contributed by atoms with Gasteiger partial charge in [0.1, 0.15) is 0 Å². The van der Waals surface area contributed by atoms with E-state index >= 15 is 0 Å². The molecule has 0 unspecified atom stereocenters. The third-order valence-corrected chi connectivity index (χ3v) is 5.48. The van der Waals surface area contributed by atoms with E-state index in [0.717, 1.165) is 43.1 Å². The molecule has 4 rings (SSSR count). The number of pyridine rings is 2. The number of aryl methyl sites for hydroxylation is 1. The van der Waals surface area contributed by atoms with Crippen molar-refractivity contribution in [2.75, 3.05) is 0 Å². The lowest BCUT2D eigenvalue weighted by molar-refractivity contribution is 0.411. The number of benzene rings is 1. The summed E-state index contributed by atoms with van der Waals surface area (Å²) in [7, 11) is 0. The number of aromatic nitrogens is 2. The highest BCUT2D eigenvalue weighted by Gasteiger charge is 2.16. The second-order valence-electron chi connectivity index (χ2n) is 7.67. The maximum Gasteiger partial charge on any atom is 0.229 e. The van der Waals surface area contributed by atoms with E-state index in [1.54, 1.807) is 17.5 Å². The van der Waals surface area contributed by atoms with Crippen LogP contribution < -0.4 is 0 Å². The quantitative estimate of drug-likeness (QED) is 0.492. The molecule has 0 aliphatic rings. The van der Waals surface area contributed by atoms with Crippen LogP contribution >= 0.6 is 11.3 Å². The lowest BCUT2D eigenvalue weighted by atomic mass is 9.88. The Morgan fingerprint density at radius 1 is 1.08 bits per heavy atom. The molecule has 1 N–H and O–H groups in total. The van der Waals surface area contributed by atoms with Crippen LogP contribution in [0.5, 0.6) is 5.88 Å². The van der Waals surface area contributed by atoms with Gasteiger partial charge >= 0.3 is 0 Å². The van der Waals surface area contributed by atoms with Crippen molar-refractivity contribution in [2.45, 2.75) is 34.1 Å². The Labute approximate surface area is 145 Å². The molecule has 0 radical (unpaired) electrons. The zero-order valence-electron chi connectivity index (χ0n) is 14.3. The number of aromatic hydroxyl groups is 1. The van der Waals surface area contributed by atoms with Crippen LogP contribution in [0.2, 0.25) is 0 Å². The van der Waals surface area contributed by atoms with Crippen LogP contribution in [-0.4, -0.2) is 15.1 Å². The van der Waals surface area contributed by atoms with Gasteiger partial charge in [-0.3, -0.25) is 4.98 Å². The van der Waals surface area contributed by atoms with E-state index in [-0.39, 0.29) is 11.3 Å². The first-order valence-electron chi connectivity index (χ1n) is 8.12. The second kappa shape index (κ2) is 5.15. The number of hydrogen-bond donors (Lipinski definition) is 1. The third kappa shape index (κ3) is 2.42. The Kier molecular flexibility index (Phi) is 3.29. The molecule has 3 nitrogen and oxygen atoms in total. The van der Waals surface area contributed by atoms with E-state index in [2.05, 4.69) is 44.0 Å². The van der Waals surface area contributed by atoms with Gasteiger partial charge in [-0.25, -0.2) is 4.98 Å². The van der Waals surface area contributed by atoms with Crippen LogP contribution in [0.15, 0.2) is 30.6 Å². The lowest BCUT2D eigenvalue weighted by Gasteiger charge is -2.18. The summed E-state index contributed by atoms with van der Waals surface area (Å²) in [6, 6.07) is 6.52. The van der Waals surface area contributed by atoms with Crippen LogP contribution in [0.3, 0.4) is 0 Å². The largest absolute Gasteiger partial charge is 0.492 e. The Morgan fingerprint density at radius 3 is 2.62 bits per heavy atom. The smallest absolute Gasteiger partial charge is 0.229 e. The van der Waals surface area contributed by atoms with Crippen LogP contribution in [0.25, 0.3) is 31.1 Å². The predicted molar refractivity (Wildman–Crippen MR) is 102 cm³/mol. The summed E-state index contributed by atoms with van der Waals surface area (Å²) >= 11 is 1.58. The van der Waals surface area contributed by atoms with Crippen molar-refractivity contribution in [2.24, 2.45) is 5.41 Å². The standard InChI is InChI=1S/C20H20N2OS/c1-11-9-22-19(23)18-15(11)14-6-5-13-7-12(8-20(2,3)4)10-21-16(13)17(14)24-18/h5-7,9-10H,8H2,1-4H3,(H,22,23). The molecule has 24 heavy (non-hydrogen) atoms. The predicted octanol–water partition coefficient (Wildman–Crippen LogP) is 5.60. The zero-order valence-corrected chi connectivity index (χ0v) is 15.2. The fourth-order valence-corrected chi connectivity index (χ4v) is 4.60. The summed E-state index contributed by atoms with van der Waals surface area (Å²) in [6.45, 7) is 8.76. The fourth-order valence-electron chi connectivity index (χ4n) is 3.34. The highest BCUT2D eigenvalue weighted by Crippen LogP contribution is 2.42. The van der Waals surface area contributed by atoms with Gasteiger partial charge in [0.25, 0.3) is 0 Å². The van der Waals surface area contributed by atoms with Crippen molar-refractivity contribution in [3.8, 4) is 5.88 Å². The summed E-state index contributed by atoms with van der Waals surface area (Å²) in [5.41, 5.74) is 3.59. The summed E-state index contributed by atoms with van der Waals surface area (Å²) in [5, 5.41) is 13.5. The van der Waals surface area contributed by atoms with Crippen molar-refractivity contribution in [3.63, 3.8) is 0 Å². The maximum atomic E-state index is 10.1. The SMILES string of the molecule is Cc1cnc(O)c2sc3c(ccc4cc(CC(C)(C)C)cnc43)c12. The normalized spacial score (nSPS) is 12.5. The van der Waals surface area contributed by atoms with Gasteiger partial charge in [-0.05, 0) is 36.0 Å². The zero-order chi connectivity index (χ0) is 17.1. The fraction of sp³-hybridized carbons (Fsp3) is 0.300. The van der Waals surface area contributed by atoms with E-state index in [0.29, 0.717) is 0 Å². The molecule has 122 valence electrons. The molecule has 0 amide bonds. The average molecular weight is 336 g/mol. The van der Waals surface area contributed by atoms with Crippen molar-refractivity contribution < 1.29 is 5.11 Å². The molecule has 0 aliphatic carbocycles. The van der Waals surface area contributed by atoms with E-state index in [1.807, 2.05) is 13.1 Å². The molecule has 3 aromatic heterocycles. The van der Waals surface area contributed by atoms with Gasteiger partial charge in [0.2, 0.25) is 5.88 Å². The summed E-state index contributed by atoms with van der Waals surface area (Å²) in [4.78, 5) is 8.84. The molecule has 0 atom stereocenters. The summed E-state index contributed by atoms with van der Waals surface area (Å²) in [6.07, 6.45) is 4.72. The molecule has 0 saturated heterocycles. The molecule has 4 heteroatoms. The van der Waals surface area contributed by atoms with Crippen molar-refractivity contribution in [1.82, 2.24) is 9.97 Å². The molecule has 0 bridgehead atoms. The molecular weight excluding hydrogens is 316 g/mol. The number of hydrogen-bond acceptors (Lipinski definition) is 4. The molecule has 0 fully saturated rings. The lowest BCUT2D eigenvalue weighted by Crippen LogP contribution is -2.09. The Bertz CT molecular complexity index is 1090. The Balaban J connectivity index is 2.01. The van der Waals surface area contributed by atoms with Gasteiger partial charge < -0.3 is 5.11 Å². The maximum absolute atomic E-state index is 10.1. The van der Waals surface area contributed by atoms with Crippen LogP contribution in [0.1, 0.15) is 31.9 Å². The molecule has 1 aromatic carbocycles. The Hall–Kier alpha value is -2.20. The van der Waals surface area contributed by atoms with E-state index in [1.165, 1.54) is 5.56 Å². The number of thiophene rings is 1. The molecule has 4 aromatic rings. The first-order valence-corrected chi connectivity index (χ1v) is 8.93.